The Morgan fingerprint density at radius 1 is 1.35 bits per heavy atom. The van der Waals surface area contributed by atoms with Crippen molar-refractivity contribution in [2.75, 3.05) is 44.3 Å². The lowest BCUT2D eigenvalue weighted by molar-refractivity contribution is 0.150. The van der Waals surface area contributed by atoms with Gasteiger partial charge in [-0.3, -0.25) is 0 Å². The van der Waals surface area contributed by atoms with Crippen molar-refractivity contribution < 1.29 is 4.74 Å². The summed E-state index contributed by atoms with van der Waals surface area (Å²) in [5.41, 5.74) is 8.20. The van der Waals surface area contributed by atoms with Crippen LogP contribution in [-0.2, 0) is 0 Å². The van der Waals surface area contributed by atoms with Crippen LogP contribution in [0.15, 0.2) is 18.2 Å². The number of hydrogen-bond acceptors (Lipinski definition) is 4. The summed E-state index contributed by atoms with van der Waals surface area (Å²) < 4.78 is 5.54. The van der Waals surface area contributed by atoms with Crippen molar-refractivity contribution >= 4 is 11.4 Å². The van der Waals surface area contributed by atoms with Crippen LogP contribution < -0.4 is 15.8 Å². The van der Waals surface area contributed by atoms with Gasteiger partial charge < -0.3 is 20.7 Å². The number of piperidine rings is 1. The molecule has 0 unspecified atom stereocenters. The molecule has 1 fully saturated rings. The second-order valence-electron chi connectivity index (χ2n) is 6.12. The van der Waals surface area contributed by atoms with E-state index in [2.05, 4.69) is 24.2 Å². The Balaban J connectivity index is 1.98. The van der Waals surface area contributed by atoms with Crippen molar-refractivity contribution in [3.05, 3.63) is 18.2 Å². The molecule has 0 aromatic heterocycles. The van der Waals surface area contributed by atoms with Crippen LogP contribution in [0.2, 0.25) is 0 Å². The number of nitrogens with one attached hydrogen (secondary N) is 1. The lowest BCUT2D eigenvalue weighted by Crippen LogP contribution is -2.40. The number of ether oxygens (including phenoxy) is 1. The summed E-state index contributed by atoms with van der Waals surface area (Å²) in [6.07, 6.45) is 2.45. The highest BCUT2D eigenvalue weighted by Crippen LogP contribution is 2.33. The van der Waals surface area contributed by atoms with Gasteiger partial charge in [0.05, 0.1) is 18.0 Å². The fourth-order valence-corrected chi connectivity index (χ4v) is 2.62. The molecule has 0 aliphatic carbocycles. The highest BCUT2D eigenvalue weighted by Gasteiger charge is 2.28. The lowest BCUT2D eigenvalue weighted by Gasteiger charge is -2.38. The third kappa shape index (κ3) is 3.57. The molecule has 0 radical (unpaired) electrons. The fraction of sp³-hybridized carbons (Fsp3) is 0.625. The van der Waals surface area contributed by atoms with Gasteiger partial charge in [0.25, 0.3) is 0 Å². The molecular formula is C16H27N3O. The van der Waals surface area contributed by atoms with Crippen LogP contribution in [-0.4, -0.2) is 38.2 Å². The molecule has 0 amide bonds. The van der Waals surface area contributed by atoms with Gasteiger partial charge in [0.2, 0.25) is 0 Å². The summed E-state index contributed by atoms with van der Waals surface area (Å²) in [4.78, 5) is 2.39. The number of benzene rings is 1. The summed E-state index contributed by atoms with van der Waals surface area (Å²) in [7, 11) is 2.19. The molecule has 1 saturated heterocycles. The molecule has 4 heteroatoms. The van der Waals surface area contributed by atoms with Gasteiger partial charge in [-0.2, -0.15) is 0 Å². The number of hydrogen-bond donors (Lipinski definition) is 2. The van der Waals surface area contributed by atoms with E-state index in [9.17, 15) is 0 Å². The van der Waals surface area contributed by atoms with Gasteiger partial charge in [-0.05, 0) is 57.5 Å². The van der Waals surface area contributed by atoms with E-state index in [-0.39, 0.29) is 0 Å². The van der Waals surface area contributed by atoms with Crippen molar-refractivity contribution in [1.82, 2.24) is 4.90 Å². The van der Waals surface area contributed by atoms with Gasteiger partial charge in [-0.15, -0.1) is 0 Å². The first-order valence-electron chi connectivity index (χ1n) is 7.48. The zero-order valence-electron chi connectivity index (χ0n) is 12.9. The van der Waals surface area contributed by atoms with Crippen molar-refractivity contribution in [3.63, 3.8) is 0 Å². The van der Waals surface area contributed by atoms with Gasteiger partial charge >= 0.3 is 0 Å². The van der Waals surface area contributed by atoms with E-state index in [1.165, 1.54) is 25.9 Å². The Bertz CT molecular complexity index is 439. The molecule has 1 heterocycles. The maximum Gasteiger partial charge on any atom is 0.144 e. The van der Waals surface area contributed by atoms with Crippen molar-refractivity contribution in [2.24, 2.45) is 5.41 Å². The first-order valence-corrected chi connectivity index (χ1v) is 7.48. The van der Waals surface area contributed by atoms with Crippen LogP contribution in [0, 0.1) is 5.41 Å². The minimum atomic E-state index is 0.348. The summed E-state index contributed by atoms with van der Waals surface area (Å²) in [6, 6.07) is 5.93. The number of nitrogens with zero attached hydrogens (tertiary/aromatic N) is 1. The number of likely N-dealkylation sites (tertiary alicyclic amines) is 1. The number of nitrogens with two attached hydrogens (primary N) is 1. The van der Waals surface area contributed by atoms with Gasteiger partial charge in [0.15, 0.2) is 0 Å². The third-order valence-electron chi connectivity index (χ3n) is 4.27. The maximum atomic E-state index is 6.15. The molecule has 112 valence electrons. The van der Waals surface area contributed by atoms with Gasteiger partial charge in [-0.1, -0.05) is 13.0 Å². The molecular weight excluding hydrogens is 250 g/mol. The average Bonchev–Trinajstić information content (AvgIpc) is 2.44. The van der Waals surface area contributed by atoms with Crippen LogP contribution in [0.3, 0.4) is 0 Å². The molecule has 1 aromatic rings. The monoisotopic (exact) mass is 277 g/mol. The molecule has 0 saturated carbocycles. The SMILES string of the molecule is CCOc1cccc(NCC2(C)CCN(C)CC2)c1N. The molecule has 0 spiro atoms. The lowest BCUT2D eigenvalue weighted by atomic mass is 9.80. The predicted molar refractivity (Wildman–Crippen MR) is 85.4 cm³/mol. The second kappa shape index (κ2) is 6.35. The highest BCUT2D eigenvalue weighted by atomic mass is 16.5. The molecule has 2 rings (SSSR count). The van der Waals surface area contributed by atoms with Crippen LogP contribution >= 0.6 is 0 Å². The average molecular weight is 277 g/mol. The number of rotatable bonds is 5. The van der Waals surface area contributed by atoms with E-state index in [1.54, 1.807) is 0 Å². The van der Waals surface area contributed by atoms with Crippen LogP contribution in [0.4, 0.5) is 11.4 Å². The summed E-state index contributed by atoms with van der Waals surface area (Å²) >= 11 is 0. The quantitative estimate of drug-likeness (QED) is 0.813. The first-order chi connectivity index (χ1) is 9.54. The summed E-state index contributed by atoms with van der Waals surface area (Å²) in [6.45, 7) is 8.27. The van der Waals surface area contributed by atoms with Crippen LogP contribution in [0.1, 0.15) is 26.7 Å². The standard InChI is InChI=1S/C16H27N3O/c1-4-20-14-7-5-6-13(15(14)17)18-12-16(2)8-10-19(3)11-9-16/h5-7,18H,4,8-12,17H2,1-3H3. The van der Waals surface area contributed by atoms with E-state index in [0.29, 0.717) is 17.7 Å². The van der Waals surface area contributed by atoms with Gasteiger partial charge in [0, 0.05) is 6.54 Å². The number of para-hydroxylation sites is 1. The smallest absolute Gasteiger partial charge is 0.144 e. The highest BCUT2D eigenvalue weighted by molar-refractivity contribution is 5.72. The Labute approximate surface area is 122 Å². The molecule has 4 nitrogen and oxygen atoms in total. The van der Waals surface area contributed by atoms with E-state index >= 15 is 0 Å². The topological polar surface area (TPSA) is 50.5 Å². The summed E-state index contributed by atoms with van der Waals surface area (Å²) in [5.74, 6) is 0.769. The fourth-order valence-electron chi connectivity index (χ4n) is 2.62. The molecule has 1 aromatic carbocycles. The molecule has 1 aliphatic rings. The second-order valence-corrected chi connectivity index (χ2v) is 6.12. The van der Waals surface area contributed by atoms with Crippen LogP contribution in [0.5, 0.6) is 5.75 Å². The molecule has 20 heavy (non-hydrogen) atoms. The molecule has 0 bridgehead atoms. The van der Waals surface area contributed by atoms with Crippen molar-refractivity contribution in [1.29, 1.82) is 0 Å². The molecule has 0 atom stereocenters. The third-order valence-corrected chi connectivity index (χ3v) is 4.27. The number of anilines is 2. The molecule has 3 N–H and O–H groups in total. The van der Waals surface area contributed by atoms with Crippen LogP contribution in [0.25, 0.3) is 0 Å². The van der Waals surface area contributed by atoms with Crippen molar-refractivity contribution in [2.45, 2.75) is 26.7 Å². The maximum absolute atomic E-state index is 6.15. The van der Waals surface area contributed by atoms with Crippen molar-refractivity contribution in [3.8, 4) is 5.75 Å². The van der Waals surface area contributed by atoms with Gasteiger partial charge in [0.1, 0.15) is 5.75 Å². The first kappa shape index (κ1) is 15.0. The Kier molecular flexibility index (Phi) is 4.76. The normalized spacial score (nSPS) is 18.8. The van der Waals surface area contributed by atoms with E-state index in [4.69, 9.17) is 10.5 Å². The summed E-state index contributed by atoms with van der Waals surface area (Å²) in [5, 5.41) is 3.51. The Morgan fingerprint density at radius 3 is 2.70 bits per heavy atom. The molecule has 1 aliphatic heterocycles. The largest absolute Gasteiger partial charge is 0.492 e. The Morgan fingerprint density at radius 2 is 2.05 bits per heavy atom. The Hall–Kier alpha value is -1.42. The zero-order valence-corrected chi connectivity index (χ0v) is 12.9. The zero-order chi connectivity index (χ0) is 14.6. The van der Waals surface area contributed by atoms with E-state index < -0.39 is 0 Å². The number of nitrogen functional groups attached to an aromatic ring is 1. The van der Waals surface area contributed by atoms with E-state index in [0.717, 1.165) is 18.0 Å². The van der Waals surface area contributed by atoms with Gasteiger partial charge in [-0.25, -0.2) is 0 Å². The minimum absolute atomic E-state index is 0.348. The predicted octanol–water partition coefficient (Wildman–Crippen LogP) is 2.81. The van der Waals surface area contributed by atoms with E-state index in [1.807, 2.05) is 25.1 Å². The minimum Gasteiger partial charge on any atom is -0.492 e.